The Bertz CT molecular complexity index is 972. The molecule has 0 fully saturated rings. The normalized spacial score (nSPS) is 10.3. The zero-order chi connectivity index (χ0) is 20.6. The van der Waals surface area contributed by atoms with Crippen LogP contribution in [0, 0.1) is 13.8 Å². The van der Waals surface area contributed by atoms with Crippen LogP contribution in [0.3, 0.4) is 0 Å². The van der Waals surface area contributed by atoms with Gasteiger partial charge in [0.2, 0.25) is 5.88 Å². The largest absolute Gasteiger partial charge is 0.439 e. The van der Waals surface area contributed by atoms with Crippen LogP contribution in [0.15, 0.2) is 73.7 Å². The number of benzene rings is 1. The Balaban J connectivity index is 1.80. The van der Waals surface area contributed by atoms with Gasteiger partial charge in [0.25, 0.3) is 0 Å². The van der Waals surface area contributed by atoms with Crippen LogP contribution in [0.2, 0.25) is 0 Å². The van der Waals surface area contributed by atoms with Gasteiger partial charge < -0.3 is 10.1 Å². The summed E-state index contributed by atoms with van der Waals surface area (Å²) in [6.07, 6.45) is 6.70. The number of nitrogens with zero attached hydrogens (tertiary/aromatic N) is 3. The number of ether oxygens (including phenoxy) is 1. The number of urea groups is 1. The highest BCUT2D eigenvalue weighted by Crippen LogP contribution is 2.26. The van der Waals surface area contributed by atoms with Gasteiger partial charge in [0.05, 0.1) is 18.4 Å². The van der Waals surface area contributed by atoms with Crippen molar-refractivity contribution >= 4 is 11.7 Å². The summed E-state index contributed by atoms with van der Waals surface area (Å²) in [4.78, 5) is 22.8. The molecule has 6 heteroatoms. The molecule has 6 nitrogen and oxygen atoms in total. The monoisotopic (exact) mass is 388 g/mol. The minimum atomic E-state index is -0.237. The fourth-order valence-corrected chi connectivity index (χ4v) is 2.83. The Morgan fingerprint density at radius 1 is 1.21 bits per heavy atom. The Labute approximate surface area is 170 Å². The second-order valence-corrected chi connectivity index (χ2v) is 6.65. The third-order valence-electron chi connectivity index (χ3n) is 4.28. The van der Waals surface area contributed by atoms with Crippen molar-refractivity contribution in [1.82, 2.24) is 15.3 Å². The summed E-state index contributed by atoms with van der Waals surface area (Å²) >= 11 is 0. The molecule has 0 aliphatic carbocycles. The minimum Gasteiger partial charge on any atom is -0.439 e. The number of pyridine rings is 2. The molecule has 1 aromatic carbocycles. The standard InChI is InChI=1S/C23H24N4O2/c1-4-11-25-23(28)27(16-19-6-5-12-24-14-19)20-8-10-22(26-15-20)29-21-9-7-17(2)13-18(21)3/h4-10,12-15H,1,11,16H2,2-3H3,(H,25,28). The summed E-state index contributed by atoms with van der Waals surface area (Å²) < 4.78 is 5.89. The molecule has 0 bridgehead atoms. The lowest BCUT2D eigenvalue weighted by atomic mass is 10.1. The molecule has 3 rings (SSSR count). The van der Waals surface area contributed by atoms with E-state index in [9.17, 15) is 4.79 Å². The van der Waals surface area contributed by atoms with Crippen LogP contribution < -0.4 is 15.0 Å². The van der Waals surface area contributed by atoms with Gasteiger partial charge in [-0.3, -0.25) is 9.88 Å². The average Bonchev–Trinajstić information content (AvgIpc) is 2.74. The summed E-state index contributed by atoms with van der Waals surface area (Å²) in [5.74, 6) is 1.22. The highest BCUT2D eigenvalue weighted by molar-refractivity contribution is 5.91. The van der Waals surface area contributed by atoms with Gasteiger partial charge in [-0.05, 0) is 43.2 Å². The van der Waals surface area contributed by atoms with Crippen LogP contribution in [0.5, 0.6) is 11.6 Å². The molecule has 0 aliphatic rings. The van der Waals surface area contributed by atoms with Gasteiger partial charge in [0.15, 0.2) is 0 Å². The number of aromatic nitrogens is 2. The number of anilines is 1. The van der Waals surface area contributed by atoms with Crippen molar-refractivity contribution < 1.29 is 9.53 Å². The second-order valence-electron chi connectivity index (χ2n) is 6.65. The summed E-state index contributed by atoms with van der Waals surface area (Å²) in [5.41, 5.74) is 3.79. The van der Waals surface area contributed by atoms with Crippen LogP contribution in [0.1, 0.15) is 16.7 Å². The molecule has 0 saturated heterocycles. The van der Waals surface area contributed by atoms with Crippen LogP contribution in [0.4, 0.5) is 10.5 Å². The average molecular weight is 388 g/mol. The number of aryl methyl sites for hydroxylation is 2. The fraction of sp³-hybridized carbons (Fsp3) is 0.174. The van der Waals surface area contributed by atoms with E-state index >= 15 is 0 Å². The molecule has 0 saturated carbocycles. The molecule has 0 spiro atoms. The van der Waals surface area contributed by atoms with Crippen molar-refractivity contribution in [2.75, 3.05) is 11.4 Å². The first kappa shape index (κ1) is 20.1. The van der Waals surface area contributed by atoms with Crippen molar-refractivity contribution in [3.05, 3.63) is 90.4 Å². The predicted octanol–water partition coefficient (Wildman–Crippen LogP) is 4.79. The lowest BCUT2D eigenvalue weighted by molar-refractivity contribution is 0.247. The molecule has 29 heavy (non-hydrogen) atoms. The summed E-state index contributed by atoms with van der Waals surface area (Å²) in [5, 5.41) is 2.81. The van der Waals surface area contributed by atoms with Crippen LogP contribution in [0.25, 0.3) is 0 Å². The lowest BCUT2D eigenvalue weighted by Crippen LogP contribution is -2.39. The first-order chi connectivity index (χ1) is 14.1. The molecule has 1 N–H and O–H groups in total. The van der Waals surface area contributed by atoms with Crippen LogP contribution >= 0.6 is 0 Å². The Morgan fingerprint density at radius 2 is 2.07 bits per heavy atom. The van der Waals surface area contributed by atoms with Crippen LogP contribution in [-0.4, -0.2) is 22.5 Å². The number of hydrogen-bond donors (Lipinski definition) is 1. The van der Waals surface area contributed by atoms with E-state index in [2.05, 4.69) is 27.9 Å². The Kier molecular flexibility index (Phi) is 6.58. The minimum absolute atomic E-state index is 0.237. The molecule has 0 atom stereocenters. The maximum absolute atomic E-state index is 12.6. The number of amides is 2. The molecular weight excluding hydrogens is 364 g/mol. The Hall–Kier alpha value is -3.67. The SMILES string of the molecule is C=CCNC(=O)N(Cc1cccnc1)c1ccc(Oc2ccc(C)cc2C)nc1. The molecule has 0 unspecified atom stereocenters. The number of carbonyl (C=O) groups is 1. The molecule has 2 amide bonds. The molecule has 148 valence electrons. The predicted molar refractivity (Wildman–Crippen MR) is 114 cm³/mol. The van der Waals surface area contributed by atoms with E-state index in [1.54, 1.807) is 35.6 Å². The maximum Gasteiger partial charge on any atom is 0.322 e. The molecule has 0 radical (unpaired) electrons. The first-order valence-corrected chi connectivity index (χ1v) is 9.33. The van der Waals surface area contributed by atoms with Crippen molar-refractivity contribution in [2.45, 2.75) is 20.4 Å². The number of hydrogen-bond acceptors (Lipinski definition) is 4. The summed E-state index contributed by atoms with van der Waals surface area (Å²) in [6.45, 7) is 8.43. The van der Waals surface area contributed by atoms with Gasteiger partial charge in [-0.15, -0.1) is 6.58 Å². The van der Waals surface area contributed by atoms with Gasteiger partial charge in [-0.2, -0.15) is 0 Å². The Morgan fingerprint density at radius 3 is 2.72 bits per heavy atom. The number of nitrogens with one attached hydrogen (secondary N) is 1. The fourth-order valence-electron chi connectivity index (χ4n) is 2.83. The first-order valence-electron chi connectivity index (χ1n) is 9.33. The molecule has 2 heterocycles. The van der Waals surface area contributed by atoms with Crippen molar-refractivity contribution in [3.63, 3.8) is 0 Å². The van der Waals surface area contributed by atoms with Gasteiger partial charge >= 0.3 is 6.03 Å². The maximum atomic E-state index is 12.6. The van der Waals surface area contributed by atoms with E-state index in [0.717, 1.165) is 16.9 Å². The van der Waals surface area contributed by atoms with E-state index < -0.39 is 0 Å². The highest BCUT2D eigenvalue weighted by Gasteiger charge is 2.16. The second kappa shape index (κ2) is 9.50. The molecular formula is C23H24N4O2. The quantitative estimate of drug-likeness (QED) is 0.591. The van der Waals surface area contributed by atoms with Gasteiger partial charge in [-0.25, -0.2) is 9.78 Å². The third kappa shape index (κ3) is 5.42. The van der Waals surface area contributed by atoms with Crippen molar-refractivity contribution in [2.24, 2.45) is 0 Å². The molecule has 3 aromatic rings. The summed E-state index contributed by atoms with van der Waals surface area (Å²) in [7, 11) is 0. The smallest absolute Gasteiger partial charge is 0.322 e. The summed E-state index contributed by atoms with van der Waals surface area (Å²) in [6, 6.07) is 13.1. The van der Waals surface area contributed by atoms with E-state index in [-0.39, 0.29) is 6.03 Å². The van der Waals surface area contributed by atoms with E-state index in [1.165, 1.54) is 5.56 Å². The topological polar surface area (TPSA) is 67.4 Å². The van der Waals surface area contributed by atoms with Crippen molar-refractivity contribution in [3.8, 4) is 11.6 Å². The van der Waals surface area contributed by atoms with Crippen LogP contribution in [-0.2, 0) is 6.54 Å². The molecule has 0 aliphatic heterocycles. The number of carbonyl (C=O) groups excluding carboxylic acids is 1. The zero-order valence-electron chi connectivity index (χ0n) is 16.6. The molecule has 2 aromatic heterocycles. The number of rotatable bonds is 7. The van der Waals surface area contributed by atoms with E-state index in [4.69, 9.17) is 4.74 Å². The van der Waals surface area contributed by atoms with Crippen molar-refractivity contribution in [1.29, 1.82) is 0 Å². The third-order valence-corrected chi connectivity index (χ3v) is 4.28. The zero-order valence-corrected chi connectivity index (χ0v) is 16.6. The van der Waals surface area contributed by atoms with Gasteiger partial charge in [-0.1, -0.05) is 29.8 Å². The van der Waals surface area contributed by atoms with Gasteiger partial charge in [0.1, 0.15) is 5.75 Å². The van der Waals surface area contributed by atoms with E-state index in [0.29, 0.717) is 24.7 Å². The highest BCUT2D eigenvalue weighted by atomic mass is 16.5. The van der Waals surface area contributed by atoms with E-state index in [1.807, 2.05) is 44.2 Å². The lowest BCUT2D eigenvalue weighted by Gasteiger charge is -2.23. The van der Waals surface area contributed by atoms with Gasteiger partial charge in [0, 0.05) is 25.0 Å².